The Morgan fingerprint density at radius 2 is 2.10 bits per heavy atom. The van der Waals surface area contributed by atoms with E-state index in [2.05, 4.69) is 39.9 Å². The van der Waals surface area contributed by atoms with Gasteiger partial charge in [0.2, 0.25) is 0 Å². The monoisotopic (exact) mass is 315 g/mol. The molecule has 0 heterocycles. The molecule has 2 atom stereocenters. The van der Waals surface area contributed by atoms with Crippen LogP contribution in [0.25, 0.3) is 0 Å². The number of hydrogen-bond donors (Lipinski definition) is 1. The molecular weight excluding hydrogens is 282 g/mol. The molecule has 3 nitrogen and oxygen atoms in total. The van der Waals surface area contributed by atoms with Crippen LogP contribution < -0.4 is 5.32 Å². The summed E-state index contributed by atoms with van der Waals surface area (Å²) >= 11 is 1.99. The molecular formula is C17H33NO2S. The third kappa shape index (κ3) is 5.48. The van der Waals surface area contributed by atoms with Crippen molar-refractivity contribution in [3.63, 3.8) is 0 Å². The molecule has 0 aromatic rings. The van der Waals surface area contributed by atoms with Gasteiger partial charge in [0.25, 0.3) is 0 Å². The van der Waals surface area contributed by atoms with Gasteiger partial charge in [0.05, 0.1) is 6.61 Å². The number of nitrogens with one attached hydrogen (secondary N) is 1. The molecule has 1 saturated carbocycles. The van der Waals surface area contributed by atoms with Gasteiger partial charge < -0.3 is 4.74 Å². The van der Waals surface area contributed by atoms with Crippen molar-refractivity contribution in [2.45, 2.75) is 83.6 Å². The molecule has 0 aromatic heterocycles. The van der Waals surface area contributed by atoms with Crippen LogP contribution in [0.2, 0.25) is 0 Å². The highest BCUT2D eigenvalue weighted by Crippen LogP contribution is 2.41. The summed E-state index contributed by atoms with van der Waals surface area (Å²) in [6, 6.07) is 0.297. The Morgan fingerprint density at radius 1 is 1.43 bits per heavy atom. The standard InChI is InChI=1S/C17H33NO2S/c1-7-20-15(19)17(18-13(2)3)11-8-9-14(17)10-12-21-16(4,5)6/h13-14,18H,7-12H2,1-6H3. The molecule has 1 aliphatic carbocycles. The minimum absolute atomic E-state index is 0.0399. The first-order valence-electron chi connectivity index (χ1n) is 8.30. The molecule has 2 unspecified atom stereocenters. The van der Waals surface area contributed by atoms with Gasteiger partial charge in [0, 0.05) is 10.8 Å². The Hall–Kier alpha value is -0.220. The van der Waals surface area contributed by atoms with Crippen LogP contribution >= 0.6 is 11.8 Å². The van der Waals surface area contributed by atoms with Gasteiger partial charge in [-0.15, -0.1) is 0 Å². The number of carbonyl (C=O) groups is 1. The lowest BCUT2D eigenvalue weighted by Crippen LogP contribution is -2.58. The average molecular weight is 316 g/mol. The zero-order valence-electron chi connectivity index (χ0n) is 14.6. The number of thioether (sulfide) groups is 1. The normalized spacial score (nSPS) is 26.3. The largest absolute Gasteiger partial charge is 0.465 e. The zero-order valence-corrected chi connectivity index (χ0v) is 15.4. The predicted molar refractivity (Wildman–Crippen MR) is 91.8 cm³/mol. The third-order valence-electron chi connectivity index (χ3n) is 4.01. The molecule has 21 heavy (non-hydrogen) atoms. The van der Waals surface area contributed by atoms with Crippen LogP contribution in [-0.2, 0) is 9.53 Å². The molecule has 0 aromatic carbocycles. The third-order valence-corrected chi connectivity index (χ3v) is 5.31. The highest BCUT2D eigenvalue weighted by atomic mass is 32.2. The smallest absolute Gasteiger partial charge is 0.326 e. The van der Waals surface area contributed by atoms with Crippen molar-refractivity contribution in [3.8, 4) is 0 Å². The summed E-state index contributed by atoms with van der Waals surface area (Å²) < 4.78 is 5.69. The van der Waals surface area contributed by atoms with Crippen molar-refractivity contribution in [2.75, 3.05) is 12.4 Å². The second-order valence-corrected chi connectivity index (χ2v) is 9.25. The molecule has 1 rings (SSSR count). The van der Waals surface area contributed by atoms with Crippen molar-refractivity contribution >= 4 is 17.7 Å². The van der Waals surface area contributed by atoms with E-state index in [1.807, 2.05) is 18.7 Å². The molecule has 0 saturated heterocycles. The molecule has 1 aliphatic rings. The highest BCUT2D eigenvalue weighted by molar-refractivity contribution is 8.00. The Balaban J connectivity index is 2.76. The van der Waals surface area contributed by atoms with Crippen molar-refractivity contribution in [3.05, 3.63) is 0 Å². The van der Waals surface area contributed by atoms with Gasteiger partial charge in [0.1, 0.15) is 5.54 Å². The first-order chi connectivity index (χ1) is 9.71. The first-order valence-corrected chi connectivity index (χ1v) is 9.28. The molecule has 0 amide bonds. The number of rotatable bonds is 7. The Bertz CT molecular complexity index is 338. The minimum Gasteiger partial charge on any atom is -0.465 e. The van der Waals surface area contributed by atoms with Gasteiger partial charge in [-0.25, -0.2) is 0 Å². The number of hydrogen-bond acceptors (Lipinski definition) is 4. The molecule has 0 aliphatic heterocycles. The van der Waals surface area contributed by atoms with Gasteiger partial charge in [-0.05, 0) is 51.7 Å². The maximum atomic E-state index is 12.6. The molecule has 1 N–H and O–H groups in total. The molecule has 124 valence electrons. The summed E-state index contributed by atoms with van der Waals surface area (Å²) in [6.45, 7) is 13.3. The lowest BCUT2D eigenvalue weighted by Gasteiger charge is -2.36. The summed E-state index contributed by atoms with van der Waals surface area (Å²) in [7, 11) is 0. The van der Waals surface area contributed by atoms with Crippen molar-refractivity contribution in [1.82, 2.24) is 5.32 Å². The van der Waals surface area contributed by atoms with E-state index in [1.54, 1.807) is 0 Å². The van der Waals surface area contributed by atoms with Gasteiger partial charge in [-0.1, -0.05) is 27.2 Å². The Morgan fingerprint density at radius 3 is 2.62 bits per heavy atom. The van der Waals surface area contributed by atoms with Crippen molar-refractivity contribution < 1.29 is 9.53 Å². The van der Waals surface area contributed by atoms with Crippen LogP contribution in [-0.4, -0.2) is 34.7 Å². The lowest BCUT2D eigenvalue weighted by atomic mass is 9.84. The second kappa shape index (κ2) is 7.87. The van der Waals surface area contributed by atoms with E-state index in [9.17, 15) is 4.79 Å². The summed E-state index contributed by atoms with van der Waals surface area (Å²) in [5.74, 6) is 1.46. The first kappa shape index (κ1) is 18.8. The van der Waals surface area contributed by atoms with E-state index < -0.39 is 5.54 Å². The molecule has 0 spiro atoms. The maximum Gasteiger partial charge on any atom is 0.326 e. The zero-order chi connectivity index (χ0) is 16.1. The second-order valence-electron chi connectivity index (χ2n) is 7.33. The number of esters is 1. The number of ether oxygens (including phenoxy) is 1. The molecule has 4 heteroatoms. The highest BCUT2D eigenvalue weighted by Gasteiger charge is 2.49. The van der Waals surface area contributed by atoms with Gasteiger partial charge >= 0.3 is 5.97 Å². The fraction of sp³-hybridized carbons (Fsp3) is 0.941. The van der Waals surface area contributed by atoms with Gasteiger partial charge in [-0.2, -0.15) is 11.8 Å². The van der Waals surface area contributed by atoms with E-state index in [0.29, 0.717) is 18.6 Å². The van der Waals surface area contributed by atoms with E-state index in [4.69, 9.17) is 4.74 Å². The Labute approximate surface area is 135 Å². The van der Waals surface area contributed by atoms with Crippen molar-refractivity contribution in [1.29, 1.82) is 0 Å². The van der Waals surface area contributed by atoms with Crippen LogP contribution in [0, 0.1) is 5.92 Å². The predicted octanol–water partition coefficient (Wildman–Crippen LogP) is 4.01. The van der Waals surface area contributed by atoms with Crippen LogP contribution in [0.3, 0.4) is 0 Å². The van der Waals surface area contributed by atoms with E-state index in [0.717, 1.165) is 31.4 Å². The lowest BCUT2D eigenvalue weighted by molar-refractivity contribution is -0.153. The Kier molecular flexibility index (Phi) is 7.05. The quantitative estimate of drug-likeness (QED) is 0.721. The van der Waals surface area contributed by atoms with Gasteiger partial charge in [0.15, 0.2) is 0 Å². The van der Waals surface area contributed by atoms with Crippen LogP contribution in [0.5, 0.6) is 0 Å². The number of carbonyl (C=O) groups excluding carboxylic acids is 1. The van der Waals surface area contributed by atoms with E-state index in [-0.39, 0.29) is 10.7 Å². The van der Waals surface area contributed by atoms with Gasteiger partial charge in [-0.3, -0.25) is 10.1 Å². The summed E-state index contributed by atoms with van der Waals surface area (Å²) in [6.07, 6.45) is 4.24. The summed E-state index contributed by atoms with van der Waals surface area (Å²) in [5, 5.41) is 3.55. The molecule has 1 fully saturated rings. The van der Waals surface area contributed by atoms with Crippen LogP contribution in [0.15, 0.2) is 0 Å². The van der Waals surface area contributed by atoms with E-state index >= 15 is 0 Å². The van der Waals surface area contributed by atoms with Crippen LogP contribution in [0.4, 0.5) is 0 Å². The molecule has 0 radical (unpaired) electrons. The SMILES string of the molecule is CCOC(=O)C1(NC(C)C)CCCC1CCSC(C)(C)C. The van der Waals surface area contributed by atoms with E-state index in [1.165, 1.54) is 0 Å². The molecule has 0 bridgehead atoms. The fourth-order valence-corrected chi connectivity index (χ4v) is 4.28. The minimum atomic E-state index is -0.456. The fourth-order valence-electron chi connectivity index (χ4n) is 3.27. The topological polar surface area (TPSA) is 38.3 Å². The average Bonchev–Trinajstić information content (AvgIpc) is 2.71. The van der Waals surface area contributed by atoms with Crippen molar-refractivity contribution in [2.24, 2.45) is 5.92 Å². The van der Waals surface area contributed by atoms with Crippen LogP contribution in [0.1, 0.15) is 67.2 Å². The maximum absolute atomic E-state index is 12.6. The summed E-state index contributed by atoms with van der Waals surface area (Å²) in [5.41, 5.74) is -0.456. The summed E-state index contributed by atoms with van der Waals surface area (Å²) in [4.78, 5) is 12.6.